The molecule has 1 unspecified atom stereocenters. The van der Waals surface area contributed by atoms with Crippen molar-refractivity contribution in [1.29, 1.82) is 0 Å². The maximum Gasteiger partial charge on any atom is 0.228 e. The molecule has 2 amide bonds. The molecule has 2 fully saturated rings. The van der Waals surface area contributed by atoms with E-state index in [-0.39, 0.29) is 23.1 Å². The van der Waals surface area contributed by atoms with Gasteiger partial charge in [-0.2, -0.15) is 5.10 Å². The number of amides is 2. The lowest BCUT2D eigenvalue weighted by atomic mass is 9.90. The van der Waals surface area contributed by atoms with E-state index in [4.69, 9.17) is 0 Å². The number of hydrogen-bond donors (Lipinski definition) is 1. The summed E-state index contributed by atoms with van der Waals surface area (Å²) < 4.78 is 1.79. The molecule has 3 heterocycles. The maximum absolute atomic E-state index is 12.8. The topological polar surface area (TPSA) is 80.1 Å². The van der Waals surface area contributed by atoms with Crippen LogP contribution in [0, 0.1) is 11.3 Å². The summed E-state index contributed by atoms with van der Waals surface area (Å²) in [5, 5.41) is 7.28. The minimum Gasteiger partial charge on any atom is -0.343 e. The zero-order valence-corrected chi connectivity index (χ0v) is 18.0. The zero-order valence-electron chi connectivity index (χ0n) is 18.0. The molecule has 1 atom stereocenters. The average Bonchev–Trinajstić information content (AvgIpc) is 3.25. The van der Waals surface area contributed by atoms with Gasteiger partial charge in [-0.3, -0.25) is 14.6 Å². The van der Waals surface area contributed by atoms with Crippen LogP contribution in [-0.4, -0.2) is 44.6 Å². The fraction of sp³-hybridized carbons (Fsp3) is 0.360. The number of carbonyl (C=O) groups excluding carboxylic acids is 2. The maximum atomic E-state index is 12.8. The Morgan fingerprint density at radius 2 is 1.88 bits per heavy atom. The quantitative estimate of drug-likeness (QED) is 0.651. The normalized spacial score (nSPS) is 19.0. The van der Waals surface area contributed by atoms with E-state index in [0.717, 1.165) is 55.7 Å². The van der Waals surface area contributed by atoms with Crippen LogP contribution in [0.5, 0.6) is 0 Å². The number of benzene rings is 1. The van der Waals surface area contributed by atoms with E-state index in [1.54, 1.807) is 17.1 Å². The second-order valence-corrected chi connectivity index (χ2v) is 8.85. The number of pyridine rings is 1. The van der Waals surface area contributed by atoms with Gasteiger partial charge in [0.25, 0.3) is 0 Å². The van der Waals surface area contributed by atoms with Gasteiger partial charge in [-0.15, -0.1) is 0 Å². The number of carbonyl (C=O) groups is 2. The number of likely N-dealkylation sites (tertiary alicyclic amines) is 1. The van der Waals surface area contributed by atoms with Crippen LogP contribution < -0.4 is 5.32 Å². The van der Waals surface area contributed by atoms with Crippen LogP contribution in [0.1, 0.15) is 31.2 Å². The van der Waals surface area contributed by atoms with Crippen LogP contribution in [0.2, 0.25) is 0 Å². The summed E-state index contributed by atoms with van der Waals surface area (Å²) in [7, 11) is 0. The molecular weight excluding hydrogens is 402 g/mol. The van der Waals surface area contributed by atoms with Gasteiger partial charge >= 0.3 is 0 Å². The summed E-state index contributed by atoms with van der Waals surface area (Å²) in [5.41, 5.74) is 2.91. The summed E-state index contributed by atoms with van der Waals surface area (Å²) in [5.74, 6) is 0.330. The number of anilines is 1. The third-order valence-electron chi connectivity index (χ3n) is 6.87. The monoisotopic (exact) mass is 429 g/mol. The molecule has 7 nitrogen and oxygen atoms in total. The largest absolute Gasteiger partial charge is 0.343 e. The molecule has 7 heteroatoms. The second kappa shape index (κ2) is 8.57. The van der Waals surface area contributed by atoms with Crippen molar-refractivity contribution in [2.24, 2.45) is 11.3 Å². The lowest BCUT2D eigenvalue weighted by molar-refractivity contribution is -0.132. The summed E-state index contributed by atoms with van der Waals surface area (Å²) in [6, 6.07) is 13.5. The smallest absolute Gasteiger partial charge is 0.228 e. The van der Waals surface area contributed by atoms with Gasteiger partial charge in [0.15, 0.2) is 0 Å². The molecule has 1 saturated heterocycles. The third-order valence-corrected chi connectivity index (χ3v) is 6.87. The number of piperidine rings is 1. The predicted molar refractivity (Wildman–Crippen MR) is 121 cm³/mol. The van der Waals surface area contributed by atoms with Crippen molar-refractivity contribution < 1.29 is 9.59 Å². The number of nitrogens with zero attached hydrogens (tertiary/aromatic N) is 4. The minimum atomic E-state index is 0.0425. The minimum absolute atomic E-state index is 0.0425. The van der Waals surface area contributed by atoms with Crippen molar-refractivity contribution in [3.63, 3.8) is 0 Å². The van der Waals surface area contributed by atoms with Gasteiger partial charge in [0.05, 0.1) is 5.69 Å². The fourth-order valence-corrected chi connectivity index (χ4v) is 4.78. The zero-order chi connectivity index (χ0) is 22.0. The van der Waals surface area contributed by atoms with Crippen molar-refractivity contribution in [1.82, 2.24) is 19.7 Å². The van der Waals surface area contributed by atoms with Crippen LogP contribution in [0.4, 0.5) is 5.69 Å². The highest BCUT2D eigenvalue weighted by atomic mass is 16.2. The summed E-state index contributed by atoms with van der Waals surface area (Å²) in [4.78, 5) is 31.5. The van der Waals surface area contributed by atoms with Gasteiger partial charge in [-0.1, -0.05) is 6.07 Å². The Kier molecular flexibility index (Phi) is 5.47. The Hall–Kier alpha value is -3.48. The number of nitrogens with one attached hydrogen (secondary N) is 1. The van der Waals surface area contributed by atoms with Crippen LogP contribution in [0.15, 0.2) is 67.3 Å². The molecule has 1 saturated carbocycles. The van der Waals surface area contributed by atoms with E-state index in [9.17, 15) is 9.59 Å². The number of hydrogen-bond acceptors (Lipinski definition) is 4. The molecule has 5 rings (SSSR count). The molecule has 1 N–H and O–H groups in total. The first-order chi connectivity index (χ1) is 15.6. The van der Waals surface area contributed by atoms with Crippen molar-refractivity contribution >= 4 is 17.5 Å². The molecule has 2 aliphatic rings. The summed E-state index contributed by atoms with van der Waals surface area (Å²) in [6.07, 6.45) is 11.1. The molecule has 2 aromatic heterocycles. The van der Waals surface area contributed by atoms with Crippen LogP contribution in [0.25, 0.3) is 5.69 Å². The summed E-state index contributed by atoms with van der Waals surface area (Å²) >= 11 is 0. The van der Waals surface area contributed by atoms with Crippen LogP contribution in [-0.2, 0) is 16.0 Å². The number of aromatic nitrogens is 3. The Morgan fingerprint density at radius 3 is 2.56 bits per heavy atom. The van der Waals surface area contributed by atoms with Gasteiger partial charge < -0.3 is 10.2 Å². The van der Waals surface area contributed by atoms with Crippen molar-refractivity contribution in [3.05, 3.63) is 72.8 Å². The predicted octanol–water partition coefficient (Wildman–Crippen LogP) is 3.47. The Morgan fingerprint density at radius 1 is 1.06 bits per heavy atom. The van der Waals surface area contributed by atoms with E-state index in [0.29, 0.717) is 6.42 Å². The first-order valence-corrected chi connectivity index (χ1v) is 11.2. The molecule has 0 radical (unpaired) electrons. The van der Waals surface area contributed by atoms with E-state index in [2.05, 4.69) is 15.4 Å². The molecule has 1 aromatic carbocycles. The van der Waals surface area contributed by atoms with E-state index < -0.39 is 0 Å². The highest BCUT2D eigenvalue weighted by Crippen LogP contribution is 2.59. The highest BCUT2D eigenvalue weighted by Gasteiger charge is 2.58. The molecule has 164 valence electrons. The van der Waals surface area contributed by atoms with Gasteiger partial charge in [-0.05, 0) is 73.1 Å². The van der Waals surface area contributed by atoms with Crippen molar-refractivity contribution in [3.8, 4) is 5.69 Å². The second-order valence-electron chi connectivity index (χ2n) is 8.85. The standard InChI is InChI=1S/C25H27N5O2/c31-23(9-4-19-3-1-12-26-18-19)29-15-10-25(11-16-29)17-22(25)24(32)28-20-5-7-21(8-6-20)30-14-2-13-27-30/h1-3,5-8,12-14,18,22H,4,9-11,15-17H2,(H,28,32). The molecule has 32 heavy (non-hydrogen) atoms. The molecule has 1 spiro atoms. The Balaban J connectivity index is 1.10. The van der Waals surface area contributed by atoms with Gasteiger partial charge in [0.2, 0.25) is 11.8 Å². The van der Waals surface area contributed by atoms with Gasteiger partial charge in [-0.25, -0.2) is 4.68 Å². The summed E-state index contributed by atoms with van der Waals surface area (Å²) in [6.45, 7) is 1.49. The average molecular weight is 430 g/mol. The fourth-order valence-electron chi connectivity index (χ4n) is 4.78. The lowest BCUT2D eigenvalue weighted by Gasteiger charge is -2.33. The third kappa shape index (κ3) is 4.28. The molecular formula is C25H27N5O2. The van der Waals surface area contributed by atoms with Gasteiger partial charge in [0, 0.05) is 55.9 Å². The number of aryl methyl sites for hydroxylation is 1. The van der Waals surface area contributed by atoms with Gasteiger partial charge in [0.1, 0.15) is 0 Å². The first kappa shape index (κ1) is 20.4. The Labute approximate surface area is 187 Å². The molecule has 3 aromatic rings. The van der Waals surface area contributed by atoms with E-state index in [1.807, 2.05) is 59.8 Å². The molecule has 1 aliphatic carbocycles. The first-order valence-electron chi connectivity index (χ1n) is 11.2. The highest BCUT2D eigenvalue weighted by molar-refractivity contribution is 5.95. The number of rotatable bonds is 6. The van der Waals surface area contributed by atoms with Crippen LogP contribution >= 0.6 is 0 Å². The van der Waals surface area contributed by atoms with E-state index in [1.165, 1.54) is 0 Å². The van der Waals surface area contributed by atoms with E-state index >= 15 is 0 Å². The van der Waals surface area contributed by atoms with Crippen LogP contribution in [0.3, 0.4) is 0 Å². The molecule has 1 aliphatic heterocycles. The Bertz CT molecular complexity index is 1070. The SMILES string of the molecule is O=C(Nc1ccc(-n2cccn2)cc1)C1CC12CCN(C(=O)CCc1cccnc1)CC2. The lowest BCUT2D eigenvalue weighted by Crippen LogP contribution is -2.40. The van der Waals surface area contributed by atoms with Crippen molar-refractivity contribution in [2.45, 2.75) is 32.1 Å². The molecule has 0 bridgehead atoms. The van der Waals surface area contributed by atoms with Crippen molar-refractivity contribution in [2.75, 3.05) is 18.4 Å².